The van der Waals surface area contributed by atoms with Crippen LogP contribution >= 0.6 is 15.9 Å². The topological polar surface area (TPSA) is 26.0 Å². The molecule has 0 saturated heterocycles. The number of rotatable bonds is 2. The van der Waals surface area contributed by atoms with Gasteiger partial charge < -0.3 is 5.73 Å². The van der Waals surface area contributed by atoms with Crippen LogP contribution < -0.4 is 5.73 Å². The van der Waals surface area contributed by atoms with Gasteiger partial charge in [-0.25, -0.2) is 4.39 Å². The summed E-state index contributed by atoms with van der Waals surface area (Å²) in [6.07, 6.45) is 2.02. The molecule has 14 heavy (non-hydrogen) atoms. The van der Waals surface area contributed by atoms with Crippen molar-refractivity contribution >= 4 is 15.9 Å². The first-order valence-electron chi connectivity index (χ1n) is 4.76. The number of benzene rings is 1. The molecule has 0 atom stereocenters. The molecule has 0 heterocycles. The molecule has 0 radical (unpaired) electrons. The highest BCUT2D eigenvalue weighted by molar-refractivity contribution is 9.10. The minimum atomic E-state index is -0.117. The van der Waals surface area contributed by atoms with Gasteiger partial charge in [-0.15, -0.1) is 0 Å². The number of nitrogens with two attached hydrogens (primary N) is 1. The fourth-order valence-corrected chi connectivity index (χ4v) is 2.34. The largest absolute Gasteiger partial charge is 0.330 e. The van der Waals surface area contributed by atoms with Gasteiger partial charge in [0.2, 0.25) is 0 Å². The van der Waals surface area contributed by atoms with E-state index in [0.29, 0.717) is 6.54 Å². The molecule has 0 unspecified atom stereocenters. The molecule has 0 spiro atoms. The van der Waals surface area contributed by atoms with Gasteiger partial charge in [0.05, 0.1) is 0 Å². The molecule has 1 nitrogen and oxygen atoms in total. The maximum atomic E-state index is 13.7. The Hall–Kier alpha value is -0.410. The lowest BCUT2D eigenvalue weighted by Crippen LogP contribution is -2.22. The summed E-state index contributed by atoms with van der Waals surface area (Å²) in [6, 6.07) is 3.27. The van der Waals surface area contributed by atoms with Crippen molar-refractivity contribution in [2.45, 2.75) is 25.2 Å². The summed E-state index contributed by atoms with van der Waals surface area (Å²) in [4.78, 5) is 0. The fourth-order valence-electron chi connectivity index (χ4n) is 2.01. The van der Waals surface area contributed by atoms with Gasteiger partial charge in [0, 0.05) is 16.4 Å². The van der Waals surface area contributed by atoms with E-state index >= 15 is 0 Å². The van der Waals surface area contributed by atoms with Crippen LogP contribution in [-0.4, -0.2) is 6.54 Å². The van der Waals surface area contributed by atoms with E-state index in [9.17, 15) is 4.39 Å². The Balaban J connectivity index is 2.57. The third-order valence-electron chi connectivity index (χ3n) is 3.12. The zero-order valence-electron chi connectivity index (χ0n) is 8.11. The summed E-state index contributed by atoms with van der Waals surface area (Å²) in [5.74, 6) is -0.117. The van der Waals surface area contributed by atoms with E-state index in [4.69, 9.17) is 5.73 Å². The molecule has 1 aromatic rings. The van der Waals surface area contributed by atoms with Crippen molar-refractivity contribution in [3.63, 3.8) is 0 Å². The molecule has 1 fully saturated rings. The van der Waals surface area contributed by atoms with E-state index in [0.717, 1.165) is 28.4 Å². The normalized spacial score (nSPS) is 18.3. The standard InChI is InChI=1S/C11H13BrFN/c1-7-8(12)2-3-9(13)10(7)11(6-14)4-5-11/h2-3H,4-6,14H2,1H3. The van der Waals surface area contributed by atoms with Gasteiger partial charge in [-0.3, -0.25) is 0 Å². The summed E-state index contributed by atoms with van der Waals surface area (Å²) in [6.45, 7) is 2.49. The number of hydrogen-bond donors (Lipinski definition) is 1. The molecular formula is C11H13BrFN. The van der Waals surface area contributed by atoms with E-state index in [2.05, 4.69) is 15.9 Å². The van der Waals surface area contributed by atoms with Gasteiger partial charge >= 0.3 is 0 Å². The molecule has 0 amide bonds. The third kappa shape index (κ3) is 1.39. The molecule has 2 N–H and O–H groups in total. The molecule has 3 heteroatoms. The Morgan fingerprint density at radius 1 is 1.50 bits per heavy atom. The van der Waals surface area contributed by atoms with Crippen LogP contribution in [0.1, 0.15) is 24.0 Å². The van der Waals surface area contributed by atoms with E-state index < -0.39 is 0 Å². The predicted molar refractivity (Wildman–Crippen MR) is 58.8 cm³/mol. The van der Waals surface area contributed by atoms with Gasteiger partial charge in [-0.1, -0.05) is 15.9 Å². The third-order valence-corrected chi connectivity index (χ3v) is 3.98. The Labute approximate surface area is 91.6 Å². The summed E-state index contributed by atoms with van der Waals surface area (Å²) < 4.78 is 14.6. The first kappa shape index (κ1) is 10.1. The van der Waals surface area contributed by atoms with E-state index in [1.807, 2.05) is 6.92 Å². The molecule has 0 aliphatic heterocycles. The minimum Gasteiger partial charge on any atom is -0.330 e. The molecular weight excluding hydrogens is 245 g/mol. The van der Waals surface area contributed by atoms with Crippen LogP contribution in [0.5, 0.6) is 0 Å². The summed E-state index contributed by atoms with van der Waals surface area (Å²) in [5.41, 5.74) is 7.44. The smallest absolute Gasteiger partial charge is 0.127 e. The average molecular weight is 258 g/mol. The van der Waals surface area contributed by atoms with Crippen molar-refractivity contribution in [3.8, 4) is 0 Å². The first-order chi connectivity index (χ1) is 6.60. The highest BCUT2D eigenvalue weighted by atomic mass is 79.9. The lowest BCUT2D eigenvalue weighted by atomic mass is 9.91. The predicted octanol–water partition coefficient (Wildman–Crippen LogP) is 2.89. The zero-order chi connectivity index (χ0) is 10.3. The van der Waals surface area contributed by atoms with E-state index in [-0.39, 0.29) is 11.2 Å². The van der Waals surface area contributed by atoms with Crippen LogP contribution in [0.3, 0.4) is 0 Å². The van der Waals surface area contributed by atoms with Crippen molar-refractivity contribution < 1.29 is 4.39 Å². The van der Waals surface area contributed by atoms with E-state index in [1.165, 1.54) is 6.07 Å². The second-order valence-electron chi connectivity index (χ2n) is 4.01. The van der Waals surface area contributed by atoms with Crippen molar-refractivity contribution in [3.05, 3.63) is 33.5 Å². The highest BCUT2D eigenvalue weighted by Crippen LogP contribution is 2.50. The van der Waals surface area contributed by atoms with Crippen LogP contribution in [0, 0.1) is 12.7 Å². The molecule has 0 aromatic heterocycles. The van der Waals surface area contributed by atoms with Gasteiger partial charge in [0.1, 0.15) is 5.82 Å². The van der Waals surface area contributed by atoms with Gasteiger partial charge in [0.25, 0.3) is 0 Å². The van der Waals surface area contributed by atoms with Crippen LogP contribution in [0.2, 0.25) is 0 Å². The molecule has 0 bridgehead atoms. The second kappa shape index (κ2) is 3.31. The maximum absolute atomic E-state index is 13.7. The number of halogens is 2. The van der Waals surface area contributed by atoms with Crippen molar-refractivity contribution in [1.82, 2.24) is 0 Å². The minimum absolute atomic E-state index is 0.0715. The molecule has 1 saturated carbocycles. The molecule has 1 aliphatic rings. The Morgan fingerprint density at radius 2 is 2.14 bits per heavy atom. The Kier molecular flexibility index (Phi) is 2.40. The summed E-state index contributed by atoms with van der Waals surface area (Å²) in [5, 5.41) is 0. The second-order valence-corrected chi connectivity index (χ2v) is 4.87. The Bertz CT molecular complexity index is 372. The van der Waals surface area contributed by atoms with Gasteiger partial charge in [-0.2, -0.15) is 0 Å². The average Bonchev–Trinajstić information content (AvgIpc) is 2.93. The highest BCUT2D eigenvalue weighted by Gasteiger charge is 2.45. The zero-order valence-corrected chi connectivity index (χ0v) is 9.70. The van der Waals surface area contributed by atoms with Crippen LogP contribution in [0.4, 0.5) is 4.39 Å². The van der Waals surface area contributed by atoms with Crippen LogP contribution in [0.15, 0.2) is 16.6 Å². The summed E-state index contributed by atoms with van der Waals surface area (Å²) >= 11 is 3.42. The monoisotopic (exact) mass is 257 g/mol. The van der Waals surface area contributed by atoms with Crippen molar-refractivity contribution in [2.75, 3.05) is 6.54 Å². The van der Waals surface area contributed by atoms with Crippen molar-refractivity contribution in [2.24, 2.45) is 5.73 Å². The molecule has 1 aliphatic carbocycles. The fraction of sp³-hybridized carbons (Fsp3) is 0.455. The van der Waals surface area contributed by atoms with Crippen LogP contribution in [0.25, 0.3) is 0 Å². The quantitative estimate of drug-likeness (QED) is 0.867. The molecule has 76 valence electrons. The summed E-state index contributed by atoms with van der Waals surface area (Å²) in [7, 11) is 0. The molecule has 2 rings (SSSR count). The Morgan fingerprint density at radius 3 is 2.64 bits per heavy atom. The van der Waals surface area contributed by atoms with Crippen LogP contribution in [-0.2, 0) is 5.41 Å². The lowest BCUT2D eigenvalue weighted by molar-refractivity contribution is 0.569. The lowest BCUT2D eigenvalue weighted by Gasteiger charge is -2.17. The SMILES string of the molecule is Cc1c(Br)ccc(F)c1C1(CN)CC1. The maximum Gasteiger partial charge on any atom is 0.127 e. The van der Waals surface area contributed by atoms with E-state index in [1.54, 1.807) is 6.07 Å². The number of hydrogen-bond acceptors (Lipinski definition) is 1. The van der Waals surface area contributed by atoms with Crippen molar-refractivity contribution in [1.29, 1.82) is 0 Å². The van der Waals surface area contributed by atoms with Gasteiger partial charge in [-0.05, 0) is 43.0 Å². The van der Waals surface area contributed by atoms with Gasteiger partial charge in [0.15, 0.2) is 0 Å². The first-order valence-corrected chi connectivity index (χ1v) is 5.55. The molecule has 1 aromatic carbocycles.